The molecule has 18 heavy (non-hydrogen) atoms. The molecule has 0 radical (unpaired) electrons. The number of hydrogen-bond acceptors (Lipinski definition) is 4. The summed E-state index contributed by atoms with van der Waals surface area (Å²) in [4.78, 5) is 13.3. The fraction of sp³-hybridized carbons (Fsp3) is 0.667. The predicted molar refractivity (Wildman–Crippen MR) is 74.3 cm³/mol. The van der Waals surface area contributed by atoms with Crippen molar-refractivity contribution in [3.63, 3.8) is 0 Å². The quantitative estimate of drug-likeness (QED) is 0.743. The van der Waals surface area contributed by atoms with Gasteiger partial charge in [0.25, 0.3) is 0 Å². The Balaban J connectivity index is 2.33. The van der Waals surface area contributed by atoms with E-state index in [1.807, 2.05) is 6.92 Å². The summed E-state index contributed by atoms with van der Waals surface area (Å²) in [5.41, 5.74) is 0.742. The summed E-state index contributed by atoms with van der Waals surface area (Å²) >= 11 is 12.2. The maximum atomic E-state index is 6.10. The molecule has 1 saturated heterocycles. The minimum atomic E-state index is 0.146. The third-order valence-electron chi connectivity index (χ3n) is 3.41. The Hall–Kier alpha value is -0.420. The number of rotatable bonds is 1. The van der Waals surface area contributed by atoms with Crippen molar-refractivity contribution in [2.75, 3.05) is 33.7 Å². The van der Waals surface area contributed by atoms with Crippen LogP contribution in [0.1, 0.15) is 23.9 Å². The van der Waals surface area contributed by atoms with Crippen LogP contribution in [0.15, 0.2) is 0 Å². The molecule has 6 heteroatoms. The van der Waals surface area contributed by atoms with Crippen LogP contribution in [0.4, 0.5) is 0 Å². The van der Waals surface area contributed by atoms with Crippen LogP contribution >= 0.6 is 23.2 Å². The highest BCUT2D eigenvalue weighted by molar-refractivity contribution is 6.34. The zero-order valence-corrected chi connectivity index (χ0v) is 12.5. The monoisotopic (exact) mass is 288 g/mol. The molecule has 0 bridgehead atoms. The van der Waals surface area contributed by atoms with Crippen molar-refractivity contribution in [3.05, 3.63) is 21.7 Å². The highest BCUT2D eigenvalue weighted by atomic mass is 35.5. The van der Waals surface area contributed by atoms with Crippen LogP contribution in [-0.2, 0) is 0 Å². The van der Waals surface area contributed by atoms with Crippen molar-refractivity contribution < 1.29 is 0 Å². The molecule has 1 unspecified atom stereocenters. The van der Waals surface area contributed by atoms with Gasteiger partial charge in [-0.1, -0.05) is 23.2 Å². The minimum Gasteiger partial charge on any atom is -0.304 e. The largest absolute Gasteiger partial charge is 0.304 e. The third kappa shape index (κ3) is 2.94. The Morgan fingerprint density at radius 3 is 2.33 bits per heavy atom. The van der Waals surface area contributed by atoms with Crippen LogP contribution < -0.4 is 0 Å². The maximum absolute atomic E-state index is 6.10. The molecule has 2 rings (SSSR count). The molecule has 0 N–H and O–H groups in total. The van der Waals surface area contributed by atoms with Gasteiger partial charge < -0.3 is 4.90 Å². The number of likely N-dealkylation sites (N-methyl/N-ethyl adjacent to an activating group) is 2. The molecule has 1 aliphatic rings. The van der Waals surface area contributed by atoms with Gasteiger partial charge in [0.05, 0.1) is 6.04 Å². The molecule has 1 aromatic heterocycles. The first-order valence-corrected chi connectivity index (χ1v) is 6.83. The van der Waals surface area contributed by atoms with Crippen molar-refractivity contribution in [1.82, 2.24) is 19.8 Å². The van der Waals surface area contributed by atoms with Crippen LogP contribution in [0.2, 0.25) is 10.3 Å². The van der Waals surface area contributed by atoms with E-state index in [1.54, 1.807) is 0 Å². The lowest BCUT2D eigenvalue weighted by Crippen LogP contribution is -2.32. The maximum Gasteiger partial charge on any atom is 0.150 e. The van der Waals surface area contributed by atoms with Gasteiger partial charge in [0.2, 0.25) is 0 Å². The lowest BCUT2D eigenvalue weighted by atomic mass is 10.2. The normalized spacial score (nSPS) is 23.1. The molecule has 0 saturated carbocycles. The first-order chi connectivity index (χ1) is 8.49. The highest BCUT2D eigenvalue weighted by Crippen LogP contribution is 2.26. The van der Waals surface area contributed by atoms with E-state index in [0.29, 0.717) is 16.1 Å². The van der Waals surface area contributed by atoms with Crippen molar-refractivity contribution in [1.29, 1.82) is 0 Å². The summed E-state index contributed by atoms with van der Waals surface area (Å²) in [5.74, 6) is 0.715. The minimum absolute atomic E-state index is 0.146. The summed E-state index contributed by atoms with van der Waals surface area (Å²) in [6.45, 7) is 4.85. The first-order valence-electron chi connectivity index (χ1n) is 6.07. The van der Waals surface area contributed by atoms with Crippen molar-refractivity contribution in [2.24, 2.45) is 0 Å². The number of nitrogens with zero attached hydrogens (tertiary/aromatic N) is 4. The fourth-order valence-corrected chi connectivity index (χ4v) is 2.58. The Kier molecular flexibility index (Phi) is 4.43. The van der Waals surface area contributed by atoms with E-state index < -0.39 is 0 Å². The number of aromatic nitrogens is 2. The van der Waals surface area contributed by atoms with Gasteiger partial charge in [0, 0.05) is 12.1 Å². The van der Waals surface area contributed by atoms with Crippen LogP contribution in [0, 0.1) is 6.92 Å². The molecule has 1 aliphatic heterocycles. The number of halogens is 2. The standard InChI is InChI=1S/C12H18Cl2N4/c1-8-10(13)15-12(16-11(8)14)9-7-17(2)5-4-6-18(9)3/h9H,4-7H2,1-3H3. The summed E-state index contributed by atoms with van der Waals surface area (Å²) in [6.07, 6.45) is 1.15. The molecule has 100 valence electrons. The number of hydrogen-bond donors (Lipinski definition) is 0. The lowest BCUT2D eigenvalue weighted by Gasteiger charge is -2.26. The molecular weight excluding hydrogens is 271 g/mol. The van der Waals surface area contributed by atoms with Gasteiger partial charge >= 0.3 is 0 Å². The zero-order valence-electron chi connectivity index (χ0n) is 11.0. The van der Waals surface area contributed by atoms with Crippen LogP contribution in [0.25, 0.3) is 0 Å². The third-order valence-corrected chi connectivity index (χ3v) is 4.15. The van der Waals surface area contributed by atoms with E-state index in [4.69, 9.17) is 23.2 Å². The average molecular weight is 289 g/mol. The smallest absolute Gasteiger partial charge is 0.150 e. The van der Waals surface area contributed by atoms with E-state index in [1.165, 1.54) is 0 Å². The second-order valence-corrected chi connectivity index (χ2v) is 5.62. The summed E-state index contributed by atoms with van der Waals surface area (Å²) < 4.78 is 0. The average Bonchev–Trinajstić information content (AvgIpc) is 2.47. The van der Waals surface area contributed by atoms with Gasteiger partial charge in [0.15, 0.2) is 0 Å². The second-order valence-electron chi connectivity index (χ2n) is 4.90. The van der Waals surface area contributed by atoms with Gasteiger partial charge in [-0.05, 0) is 40.5 Å². The Morgan fingerprint density at radius 2 is 1.72 bits per heavy atom. The van der Waals surface area contributed by atoms with Crippen LogP contribution in [0.3, 0.4) is 0 Å². The first kappa shape index (κ1) is 14.0. The van der Waals surface area contributed by atoms with Crippen molar-refractivity contribution >= 4 is 23.2 Å². The van der Waals surface area contributed by atoms with E-state index in [9.17, 15) is 0 Å². The topological polar surface area (TPSA) is 32.3 Å². The van der Waals surface area contributed by atoms with Crippen LogP contribution in [0.5, 0.6) is 0 Å². The Morgan fingerprint density at radius 1 is 1.11 bits per heavy atom. The van der Waals surface area contributed by atoms with Gasteiger partial charge in [-0.25, -0.2) is 9.97 Å². The lowest BCUT2D eigenvalue weighted by molar-refractivity contribution is 0.219. The SMILES string of the molecule is Cc1c(Cl)nc(C2CN(C)CCCN2C)nc1Cl. The summed E-state index contributed by atoms with van der Waals surface area (Å²) in [5, 5.41) is 0.899. The highest BCUT2D eigenvalue weighted by Gasteiger charge is 2.25. The second kappa shape index (κ2) is 5.70. The van der Waals surface area contributed by atoms with Gasteiger partial charge in [-0.15, -0.1) is 0 Å². The van der Waals surface area contributed by atoms with E-state index in [-0.39, 0.29) is 6.04 Å². The fourth-order valence-electron chi connectivity index (χ4n) is 2.18. The summed E-state index contributed by atoms with van der Waals surface area (Å²) in [6, 6.07) is 0.146. The molecule has 0 amide bonds. The Bertz CT molecular complexity index is 415. The molecule has 1 aromatic rings. The van der Waals surface area contributed by atoms with Crippen molar-refractivity contribution in [3.8, 4) is 0 Å². The molecule has 0 aliphatic carbocycles. The van der Waals surface area contributed by atoms with E-state index >= 15 is 0 Å². The van der Waals surface area contributed by atoms with Gasteiger partial charge in [-0.3, -0.25) is 4.90 Å². The van der Waals surface area contributed by atoms with Crippen molar-refractivity contribution in [2.45, 2.75) is 19.4 Å². The van der Waals surface area contributed by atoms with E-state index in [0.717, 1.165) is 31.6 Å². The summed E-state index contributed by atoms with van der Waals surface area (Å²) in [7, 11) is 4.21. The van der Waals surface area contributed by atoms with Crippen LogP contribution in [-0.4, -0.2) is 53.5 Å². The Labute approximate surface area is 118 Å². The molecule has 1 fully saturated rings. The zero-order chi connectivity index (χ0) is 13.3. The molecule has 1 atom stereocenters. The predicted octanol–water partition coefficient (Wildman–Crippen LogP) is 2.40. The molecule has 0 aromatic carbocycles. The molecule has 0 spiro atoms. The molecular formula is C12H18Cl2N4. The van der Waals surface area contributed by atoms with Gasteiger partial charge in [-0.2, -0.15) is 0 Å². The molecule has 2 heterocycles. The van der Waals surface area contributed by atoms with Gasteiger partial charge in [0.1, 0.15) is 16.1 Å². The molecule has 4 nitrogen and oxygen atoms in total. The van der Waals surface area contributed by atoms with E-state index in [2.05, 4.69) is 33.9 Å².